The van der Waals surface area contributed by atoms with Crippen LogP contribution in [0, 0.1) is 0 Å². The van der Waals surface area contributed by atoms with E-state index in [1.807, 2.05) is 30.3 Å². The topological polar surface area (TPSA) is 70.2 Å². The molecule has 0 spiro atoms. The lowest BCUT2D eigenvalue weighted by Crippen LogP contribution is -2.38. The van der Waals surface area contributed by atoms with Gasteiger partial charge in [0.05, 0.1) is 11.5 Å². The molecule has 1 aliphatic heterocycles. The molecule has 1 aromatic carbocycles. The van der Waals surface area contributed by atoms with Crippen molar-refractivity contribution in [3.05, 3.63) is 30.3 Å². The first-order valence-electron chi connectivity index (χ1n) is 6.59. The molecular formula is C13H19N3O2S2. The number of thiocarbonyl (C=S) groups is 1. The molecule has 1 fully saturated rings. The van der Waals surface area contributed by atoms with Crippen molar-refractivity contribution >= 4 is 32.9 Å². The third-order valence-electron chi connectivity index (χ3n) is 3.11. The van der Waals surface area contributed by atoms with Gasteiger partial charge in [0.25, 0.3) is 0 Å². The smallest absolute Gasteiger partial charge is 0.170 e. The Labute approximate surface area is 125 Å². The van der Waals surface area contributed by atoms with Crippen LogP contribution < -0.4 is 16.0 Å². The molecule has 2 rings (SSSR count). The third-order valence-corrected chi connectivity index (χ3v) is 5.12. The van der Waals surface area contributed by atoms with Crippen LogP contribution in [0.1, 0.15) is 6.42 Å². The summed E-state index contributed by atoms with van der Waals surface area (Å²) in [5.74, 6) is 0.547. The fourth-order valence-corrected chi connectivity index (χ4v) is 4.03. The van der Waals surface area contributed by atoms with E-state index in [-0.39, 0.29) is 11.8 Å². The molecule has 1 saturated heterocycles. The number of nitrogens with one attached hydrogen (secondary N) is 3. The number of rotatable bonds is 5. The Kier molecular flexibility index (Phi) is 5.33. The first-order chi connectivity index (χ1) is 9.55. The molecule has 7 heteroatoms. The molecular weight excluding hydrogens is 294 g/mol. The molecule has 0 radical (unpaired) electrons. The summed E-state index contributed by atoms with van der Waals surface area (Å²) in [6.45, 7) is 1.35. The van der Waals surface area contributed by atoms with Crippen molar-refractivity contribution < 1.29 is 8.42 Å². The minimum atomic E-state index is -2.81. The van der Waals surface area contributed by atoms with Crippen molar-refractivity contribution in [1.29, 1.82) is 0 Å². The van der Waals surface area contributed by atoms with Gasteiger partial charge >= 0.3 is 0 Å². The Hall–Kier alpha value is -1.18. The van der Waals surface area contributed by atoms with Gasteiger partial charge in [0.1, 0.15) is 0 Å². The summed E-state index contributed by atoms with van der Waals surface area (Å²) in [5, 5.41) is 9.96. The number of benzene rings is 1. The molecule has 0 aliphatic carbocycles. The fraction of sp³-hybridized carbons (Fsp3) is 0.462. The van der Waals surface area contributed by atoms with Gasteiger partial charge in [0.2, 0.25) is 0 Å². The number of para-hydroxylation sites is 1. The van der Waals surface area contributed by atoms with Gasteiger partial charge in [0, 0.05) is 24.8 Å². The molecule has 0 amide bonds. The van der Waals surface area contributed by atoms with Crippen LogP contribution in [0.25, 0.3) is 0 Å². The van der Waals surface area contributed by atoms with Crippen LogP contribution in [-0.2, 0) is 9.84 Å². The highest BCUT2D eigenvalue weighted by atomic mass is 32.2. The summed E-state index contributed by atoms with van der Waals surface area (Å²) >= 11 is 5.17. The Morgan fingerprint density at radius 3 is 2.65 bits per heavy atom. The number of hydrogen-bond acceptors (Lipinski definition) is 4. The summed E-state index contributed by atoms with van der Waals surface area (Å²) in [7, 11) is -2.81. The monoisotopic (exact) mass is 313 g/mol. The van der Waals surface area contributed by atoms with Crippen LogP contribution in [0.3, 0.4) is 0 Å². The molecule has 0 saturated carbocycles. The lowest BCUT2D eigenvalue weighted by Gasteiger charge is -2.13. The van der Waals surface area contributed by atoms with E-state index >= 15 is 0 Å². The second kappa shape index (κ2) is 7.01. The predicted molar refractivity (Wildman–Crippen MR) is 85.7 cm³/mol. The van der Waals surface area contributed by atoms with Crippen LogP contribution in [-0.4, -0.2) is 44.2 Å². The zero-order valence-corrected chi connectivity index (χ0v) is 12.8. The Balaban J connectivity index is 1.60. The van der Waals surface area contributed by atoms with Crippen molar-refractivity contribution in [2.45, 2.75) is 12.5 Å². The molecule has 110 valence electrons. The highest BCUT2D eigenvalue weighted by molar-refractivity contribution is 7.91. The first-order valence-corrected chi connectivity index (χ1v) is 8.82. The van der Waals surface area contributed by atoms with E-state index in [0.717, 1.165) is 5.69 Å². The normalized spacial score (nSPS) is 20.5. The summed E-state index contributed by atoms with van der Waals surface area (Å²) < 4.78 is 22.6. The van der Waals surface area contributed by atoms with Crippen LogP contribution in [0.5, 0.6) is 0 Å². The van der Waals surface area contributed by atoms with Gasteiger partial charge in [-0.25, -0.2) is 8.42 Å². The maximum atomic E-state index is 11.3. The second-order valence-corrected chi connectivity index (χ2v) is 7.44. The van der Waals surface area contributed by atoms with Crippen molar-refractivity contribution in [2.24, 2.45) is 0 Å². The van der Waals surface area contributed by atoms with Crippen LogP contribution in [0.4, 0.5) is 5.69 Å². The van der Waals surface area contributed by atoms with E-state index < -0.39 is 9.84 Å². The summed E-state index contributed by atoms with van der Waals surface area (Å²) in [6.07, 6.45) is 0.703. The van der Waals surface area contributed by atoms with Gasteiger partial charge in [-0.05, 0) is 30.8 Å². The number of anilines is 1. The van der Waals surface area contributed by atoms with Gasteiger partial charge in [-0.2, -0.15) is 0 Å². The SMILES string of the molecule is O=S1(=O)CCC(NCCNC(=S)Nc2ccccc2)C1. The molecule has 5 nitrogen and oxygen atoms in total. The average molecular weight is 313 g/mol. The predicted octanol–water partition coefficient (Wildman–Crippen LogP) is 0.750. The molecule has 1 aliphatic rings. The Morgan fingerprint density at radius 1 is 1.25 bits per heavy atom. The zero-order valence-electron chi connectivity index (χ0n) is 11.1. The highest BCUT2D eigenvalue weighted by Gasteiger charge is 2.26. The van der Waals surface area contributed by atoms with E-state index in [1.165, 1.54) is 0 Å². The van der Waals surface area contributed by atoms with Crippen LogP contribution in [0.15, 0.2) is 30.3 Å². The van der Waals surface area contributed by atoms with E-state index in [0.29, 0.717) is 30.4 Å². The average Bonchev–Trinajstić information content (AvgIpc) is 2.75. The van der Waals surface area contributed by atoms with E-state index in [9.17, 15) is 8.42 Å². The van der Waals surface area contributed by atoms with E-state index in [2.05, 4.69) is 16.0 Å². The molecule has 1 atom stereocenters. The molecule has 20 heavy (non-hydrogen) atoms. The second-order valence-electron chi connectivity index (χ2n) is 4.80. The Morgan fingerprint density at radius 2 is 2.00 bits per heavy atom. The van der Waals surface area contributed by atoms with Gasteiger partial charge in [-0.3, -0.25) is 0 Å². The number of hydrogen-bond donors (Lipinski definition) is 3. The minimum absolute atomic E-state index is 0.0810. The number of sulfone groups is 1. The maximum Gasteiger partial charge on any atom is 0.170 e. The van der Waals surface area contributed by atoms with E-state index in [1.54, 1.807) is 0 Å². The summed E-state index contributed by atoms with van der Waals surface area (Å²) in [4.78, 5) is 0. The summed E-state index contributed by atoms with van der Waals surface area (Å²) in [6, 6.07) is 9.78. The molecule has 1 aromatic rings. The highest BCUT2D eigenvalue weighted by Crippen LogP contribution is 2.10. The molecule has 0 aromatic heterocycles. The quantitative estimate of drug-likeness (QED) is 0.550. The first kappa shape index (κ1) is 15.2. The molecule has 1 unspecified atom stereocenters. The fourth-order valence-electron chi connectivity index (χ4n) is 2.11. The third kappa shape index (κ3) is 5.07. The molecule has 1 heterocycles. The van der Waals surface area contributed by atoms with Crippen molar-refractivity contribution in [2.75, 3.05) is 29.9 Å². The largest absolute Gasteiger partial charge is 0.361 e. The van der Waals surface area contributed by atoms with Gasteiger partial charge in [-0.15, -0.1) is 0 Å². The summed E-state index contributed by atoms with van der Waals surface area (Å²) in [5.41, 5.74) is 0.944. The Bertz CT molecular complexity index is 546. The zero-order chi connectivity index (χ0) is 14.4. The minimum Gasteiger partial charge on any atom is -0.361 e. The van der Waals surface area contributed by atoms with Crippen molar-refractivity contribution in [1.82, 2.24) is 10.6 Å². The van der Waals surface area contributed by atoms with Crippen LogP contribution >= 0.6 is 12.2 Å². The lowest BCUT2D eigenvalue weighted by atomic mass is 10.3. The maximum absolute atomic E-state index is 11.3. The van der Waals surface area contributed by atoms with Crippen molar-refractivity contribution in [3.63, 3.8) is 0 Å². The lowest BCUT2D eigenvalue weighted by molar-refractivity contribution is 0.553. The molecule has 3 N–H and O–H groups in total. The van der Waals surface area contributed by atoms with Crippen molar-refractivity contribution in [3.8, 4) is 0 Å². The van der Waals surface area contributed by atoms with Gasteiger partial charge in [-0.1, -0.05) is 18.2 Å². The van der Waals surface area contributed by atoms with Gasteiger partial charge in [0.15, 0.2) is 14.9 Å². The standard InChI is InChI=1S/C13H19N3O2S2/c17-20(18)9-6-12(10-20)14-7-8-15-13(19)16-11-4-2-1-3-5-11/h1-5,12,14H,6-10H2,(H2,15,16,19). The van der Waals surface area contributed by atoms with Crippen LogP contribution in [0.2, 0.25) is 0 Å². The van der Waals surface area contributed by atoms with Gasteiger partial charge < -0.3 is 16.0 Å². The van der Waals surface area contributed by atoms with E-state index in [4.69, 9.17) is 12.2 Å². The molecule has 0 bridgehead atoms.